The Balaban J connectivity index is 2.01. The molecule has 0 saturated heterocycles. The summed E-state index contributed by atoms with van der Waals surface area (Å²) in [4.78, 5) is 4.74. The second-order valence-electron chi connectivity index (χ2n) is 4.60. The second kappa shape index (κ2) is 4.91. The van der Waals surface area contributed by atoms with Gasteiger partial charge in [-0.15, -0.1) is 11.6 Å². The van der Waals surface area contributed by atoms with E-state index in [2.05, 4.69) is 6.07 Å². The summed E-state index contributed by atoms with van der Waals surface area (Å²) in [5.74, 6) is 0. The number of hydrogen-bond donors (Lipinski definition) is 0. The number of fused-ring (bicyclic) bond motifs is 1. The fourth-order valence-electron chi connectivity index (χ4n) is 2.38. The molecule has 0 spiro atoms. The smallest absolute Gasteiger partial charge is 0.0705 e. The predicted molar refractivity (Wildman–Crippen MR) is 76.2 cm³/mol. The first-order valence-electron chi connectivity index (χ1n) is 6.14. The van der Waals surface area contributed by atoms with Gasteiger partial charge in [0.15, 0.2) is 0 Å². The number of alkyl halides is 1. The van der Waals surface area contributed by atoms with Gasteiger partial charge in [-0.05, 0) is 43.0 Å². The topological polar surface area (TPSA) is 12.9 Å². The molecule has 18 heavy (non-hydrogen) atoms. The Labute approximate surface area is 117 Å². The Kier molecular flexibility index (Phi) is 3.27. The van der Waals surface area contributed by atoms with Crippen LogP contribution in [0.1, 0.15) is 29.5 Å². The van der Waals surface area contributed by atoms with Crippen LogP contribution in [0.2, 0.25) is 5.02 Å². The van der Waals surface area contributed by atoms with E-state index in [1.165, 1.54) is 5.56 Å². The molecule has 3 rings (SSSR count). The summed E-state index contributed by atoms with van der Waals surface area (Å²) in [6.45, 7) is 0. The molecule has 1 aliphatic carbocycles. The summed E-state index contributed by atoms with van der Waals surface area (Å²) in [5.41, 5.74) is 4.43. The first kappa shape index (κ1) is 12.0. The highest BCUT2D eigenvalue weighted by Crippen LogP contribution is 2.34. The molecule has 0 aliphatic heterocycles. The number of aromatic nitrogens is 1. The molecule has 3 heteroatoms. The molecule has 1 nitrogen and oxygen atoms in total. The first-order chi connectivity index (χ1) is 8.74. The zero-order valence-corrected chi connectivity index (χ0v) is 11.4. The zero-order chi connectivity index (χ0) is 12.5. The second-order valence-corrected chi connectivity index (χ2v) is 5.56. The van der Waals surface area contributed by atoms with Gasteiger partial charge in [-0.2, -0.15) is 0 Å². The third-order valence-corrected chi connectivity index (χ3v) is 4.06. The Bertz CT molecular complexity index is 563. The molecular weight excluding hydrogens is 265 g/mol. The van der Waals surface area contributed by atoms with Gasteiger partial charge in [-0.25, -0.2) is 0 Å². The van der Waals surface area contributed by atoms with Crippen molar-refractivity contribution in [2.24, 2.45) is 0 Å². The number of aryl methyl sites for hydroxylation is 1. The van der Waals surface area contributed by atoms with Gasteiger partial charge in [-0.3, -0.25) is 4.98 Å². The van der Waals surface area contributed by atoms with Crippen molar-refractivity contribution in [3.8, 4) is 11.3 Å². The Hall–Kier alpha value is -1.05. The van der Waals surface area contributed by atoms with Crippen molar-refractivity contribution in [3.05, 3.63) is 52.7 Å². The van der Waals surface area contributed by atoms with E-state index in [-0.39, 0.29) is 5.38 Å². The van der Waals surface area contributed by atoms with Gasteiger partial charge in [0.05, 0.1) is 11.1 Å². The van der Waals surface area contributed by atoms with E-state index < -0.39 is 0 Å². The highest BCUT2D eigenvalue weighted by atomic mass is 35.5. The Morgan fingerprint density at radius 2 is 1.83 bits per heavy atom. The minimum absolute atomic E-state index is 0.125. The molecule has 1 aromatic carbocycles. The zero-order valence-electron chi connectivity index (χ0n) is 9.87. The first-order valence-corrected chi connectivity index (χ1v) is 6.95. The molecule has 1 aliphatic rings. The molecular formula is C15H13Cl2N. The summed E-state index contributed by atoms with van der Waals surface area (Å²) >= 11 is 12.2. The minimum Gasteiger partial charge on any atom is -0.253 e. The third-order valence-electron chi connectivity index (χ3n) is 3.36. The van der Waals surface area contributed by atoms with Crippen LogP contribution in [0.3, 0.4) is 0 Å². The van der Waals surface area contributed by atoms with Gasteiger partial charge in [0.2, 0.25) is 0 Å². The number of hydrogen-bond acceptors (Lipinski definition) is 1. The molecule has 0 N–H and O–H groups in total. The highest BCUT2D eigenvalue weighted by molar-refractivity contribution is 6.30. The molecule has 0 radical (unpaired) electrons. The average Bonchev–Trinajstić information content (AvgIpc) is 2.39. The van der Waals surface area contributed by atoms with E-state index in [1.807, 2.05) is 30.3 Å². The number of nitrogens with zero attached hydrogens (tertiary/aromatic N) is 1. The predicted octanol–water partition coefficient (Wildman–Crippen LogP) is 5.02. The van der Waals surface area contributed by atoms with E-state index in [0.29, 0.717) is 0 Å². The number of pyridine rings is 1. The summed E-state index contributed by atoms with van der Waals surface area (Å²) in [6.07, 6.45) is 3.20. The molecule has 92 valence electrons. The van der Waals surface area contributed by atoms with Crippen molar-refractivity contribution < 1.29 is 0 Å². The van der Waals surface area contributed by atoms with Crippen LogP contribution in [0, 0.1) is 0 Å². The van der Waals surface area contributed by atoms with Crippen LogP contribution in [0.25, 0.3) is 11.3 Å². The van der Waals surface area contributed by atoms with Crippen LogP contribution in [0.15, 0.2) is 36.4 Å². The van der Waals surface area contributed by atoms with E-state index in [1.54, 1.807) is 0 Å². The fraction of sp³-hybridized carbons (Fsp3) is 0.267. The van der Waals surface area contributed by atoms with Crippen molar-refractivity contribution in [3.63, 3.8) is 0 Å². The molecule has 1 unspecified atom stereocenters. The van der Waals surface area contributed by atoms with E-state index in [0.717, 1.165) is 41.2 Å². The van der Waals surface area contributed by atoms with Crippen LogP contribution in [0.5, 0.6) is 0 Å². The summed E-state index contributed by atoms with van der Waals surface area (Å²) in [7, 11) is 0. The highest BCUT2D eigenvalue weighted by Gasteiger charge is 2.19. The SMILES string of the molecule is Clc1ccc(-c2ccc3c(n2)CCCC3Cl)cc1. The summed E-state index contributed by atoms with van der Waals surface area (Å²) < 4.78 is 0. The molecule has 2 aromatic rings. The molecule has 0 saturated carbocycles. The van der Waals surface area contributed by atoms with Gasteiger partial charge in [-0.1, -0.05) is 29.8 Å². The van der Waals surface area contributed by atoms with Crippen molar-refractivity contribution >= 4 is 23.2 Å². The lowest BCUT2D eigenvalue weighted by atomic mass is 9.95. The standard InChI is InChI=1S/C15H13Cl2N/c16-11-6-4-10(5-7-11)14-9-8-12-13(17)2-1-3-15(12)18-14/h4-9,13H,1-3H2. The van der Waals surface area contributed by atoms with Crippen molar-refractivity contribution in [1.29, 1.82) is 0 Å². The Morgan fingerprint density at radius 3 is 2.61 bits per heavy atom. The van der Waals surface area contributed by atoms with Crippen LogP contribution in [-0.2, 0) is 6.42 Å². The lowest BCUT2D eigenvalue weighted by molar-refractivity contribution is 0.652. The average molecular weight is 278 g/mol. The monoisotopic (exact) mass is 277 g/mol. The van der Waals surface area contributed by atoms with Crippen molar-refractivity contribution in [2.75, 3.05) is 0 Å². The van der Waals surface area contributed by atoms with Gasteiger partial charge in [0, 0.05) is 16.3 Å². The lowest BCUT2D eigenvalue weighted by Gasteiger charge is -2.20. The third kappa shape index (κ3) is 2.25. The number of rotatable bonds is 1. The van der Waals surface area contributed by atoms with Crippen LogP contribution in [0.4, 0.5) is 0 Å². The van der Waals surface area contributed by atoms with Gasteiger partial charge < -0.3 is 0 Å². The lowest BCUT2D eigenvalue weighted by Crippen LogP contribution is -2.08. The van der Waals surface area contributed by atoms with E-state index in [4.69, 9.17) is 28.2 Å². The molecule has 1 aromatic heterocycles. The largest absolute Gasteiger partial charge is 0.253 e. The van der Waals surface area contributed by atoms with Crippen LogP contribution >= 0.6 is 23.2 Å². The van der Waals surface area contributed by atoms with Crippen molar-refractivity contribution in [2.45, 2.75) is 24.6 Å². The van der Waals surface area contributed by atoms with Gasteiger partial charge in [0.25, 0.3) is 0 Å². The quantitative estimate of drug-likeness (QED) is 0.667. The van der Waals surface area contributed by atoms with Crippen molar-refractivity contribution in [1.82, 2.24) is 4.98 Å². The van der Waals surface area contributed by atoms with E-state index >= 15 is 0 Å². The normalized spacial score (nSPS) is 18.4. The maximum atomic E-state index is 6.31. The number of halogens is 2. The van der Waals surface area contributed by atoms with E-state index in [9.17, 15) is 0 Å². The fourth-order valence-corrected chi connectivity index (χ4v) is 2.86. The summed E-state index contributed by atoms with van der Waals surface area (Å²) in [6, 6.07) is 11.9. The van der Waals surface area contributed by atoms with Gasteiger partial charge in [0.1, 0.15) is 0 Å². The maximum Gasteiger partial charge on any atom is 0.0705 e. The molecule has 0 amide bonds. The molecule has 0 fully saturated rings. The molecule has 1 heterocycles. The Morgan fingerprint density at radius 1 is 1.06 bits per heavy atom. The van der Waals surface area contributed by atoms with Gasteiger partial charge >= 0.3 is 0 Å². The number of benzene rings is 1. The molecule has 0 bridgehead atoms. The van der Waals surface area contributed by atoms with Crippen LogP contribution in [-0.4, -0.2) is 4.98 Å². The van der Waals surface area contributed by atoms with Crippen LogP contribution < -0.4 is 0 Å². The molecule has 1 atom stereocenters. The minimum atomic E-state index is 0.125. The maximum absolute atomic E-state index is 6.31. The summed E-state index contributed by atoms with van der Waals surface area (Å²) in [5, 5.41) is 0.873.